The average molecular weight is 240 g/mol. The molecule has 0 radical (unpaired) electrons. The normalized spacial score (nSPS) is 13.2. The van der Waals surface area contributed by atoms with Gasteiger partial charge in [-0.2, -0.15) is 4.80 Å². The molecule has 6 heteroatoms. The van der Waals surface area contributed by atoms with Gasteiger partial charge in [0.15, 0.2) is 5.82 Å². The number of hydrogen-bond acceptors (Lipinski definition) is 5. The summed E-state index contributed by atoms with van der Waals surface area (Å²) in [7, 11) is 3.78. The number of aryl methyl sites for hydroxylation is 1. The zero-order valence-corrected chi connectivity index (χ0v) is 11.3. The standard InChI is InChI=1S/C11H24N6/c1-5-17(6-2)8-7-10(12-3)9-11-13-15-16(4)14-11/h10,12H,5-9H2,1-4H3. The Morgan fingerprint density at radius 2 is 2.06 bits per heavy atom. The molecule has 0 amide bonds. The number of likely N-dealkylation sites (N-methyl/N-ethyl adjacent to an activating group) is 1. The van der Waals surface area contributed by atoms with Crippen LogP contribution < -0.4 is 5.32 Å². The maximum Gasteiger partial charge on any atom is 0.176 e. The van der Waals surface area contributed by atoms with E-state index in [1.807, 2.05) is 7.05 Å². The van der Waals surface area contributed by atoms with Crippen molar-refractivity contribution in [2.45, 2.75) is 32.7 Å². The van der Waals surface area contributed by atoms with Crippen LogP contribution in [0.2, 0.25) is 0 Å². The quantitative estimate of drug-likeness (QED) is 0.697. The molecule has 1 aromatic heterocycles. The molecule has 0 aliphatic carbocycles. The topological polar surface area (TPSA) is 58.9 Å². The van der Waals surface area contributed by atoms with Gasteiger partial charge in [0.2, 0.25) is 0 Å². The van der Waals surface area contributed by atoms with E-state index in [9.17, 15) is 0 Å². The van der Waals surface area contributed by atoms with Gasteiger partial charge < -0.3 is 10.2 Å². The Kier molecular flexibility index (Phi) is 6.07. The minimum absolute atomic E-state index is 0.416. The Hall–Kier alpha value is -1.01. The lowest BCUT2D eigenvalue weighted by atomic mass is 10.1. The average Bonchev–Trinajstić information content (AvgIpc) is 2.74. The molecule has 1 rings (SSSR count). The van der Waals surface area contributed by atoms with Crippen LogP contribution in [0.3, 0.4) is 0 Å². The van der Waals surface area contributed by atoms with Crippen LogP contribution in [0.15, 0.2) is 0 Å². The van der Waals surface area contributed by atoms with Crippen molar-refractivity contribution in [3.05, 3.63) is 5.82 Å². The summed E-state index contributed by atoms with van der Waals surface area (Å²) in [6.45, 7) is 7.72. The van der Waals surface area contributed by atoms with E-state index < -0.39 is 0 Å². The molecule has 1 heterocycles. The number of nitrogens with one attached hydrogen (secondary N) is 1. The van der Waals surface area contributed by atoms with E-state index in [1.165, 1.54) is 4.80 Å². The zero-order chi connectivity index (χ0) is 12.7. The largest absolute Gasteiger partial charge is 0.316 e. The highest BCUT2D eigenvalue weighted by Crippen LogP contribution is 2.01. The van der Waals surface area contributed by atoms with Gasteiger partial charge in [0.1, 0.15) is 0 Å². The van der Waals surface area contributed by atoms with Crippen LogP contribution in [-0.2, 0) is 13.5 Å². The predicted molar refractivity (Wildman–Crippen MR) is 67.8 cm³/mol. The first-order valence-corrected chi connectivity index (χ1v) is 6.32. The first kappa shape index (κ1) is 14.1. The number of aromatic nitrogens is 4. The van der Waals surface area contributed by atoms with Crippen molar-refractivity contribution in [1.29, 1.82) is 0 Å². The Morgan fingerprint density at radius 1 is 1.35 bits per heavy atom. The molecule has 0 fully saturated rings. The summed E-state index contributed by atoms with van der Waals surface area (Å²) in [5.74, 6) is 0.811. The fourth-order valence-corrected chi connectivity index (χ4v) is 1.85. The molecule has 0 bridgehead atoms. The molecule has 0 saturated carbocycles. The highest BCUT2D eigenvalue weighted by molar-refractivity contribution is 4.84. The lowest BCUT2D eigenvalue weighted by Crippen LogP contribution is -2.34. The highest BCUT2D eigenvalue weighted by Gasteiger charge is 2.12. The molecule has 1 aromatic rings. The number of tetrazole rings is 1. The predicted octanol–water partition coefficient (Wildman–Crippen LogP) is 0.0725. The maximum absolute atomic E-state index is 4.21. The fraction of sp³-hybridized carbons (Fsp3) is 0.909. The summed E-state index contributed by atoms with van der Waals surface area (Å²) in [5.41, 5.74) is 0. The van der Waals surface area contributed by atoms with Gasteiger partial charge in [-0.3, -0.25) is 0 Å². The van der Waals surface area contributed by atoms with Crippen LogP contribution in [0.4, 0.5) is 0 Å². The maximum atomic E-state index is 4.21. The van der Waals surface area contributed by atoms with Gasteiger partial charge in [0.05, 0.1) is 7.05 Å². The van der Waals surface area contributed by atoms with Gasteiger partial charge in [-0.1, -0.05) is 13.8 Å². The Labute approximate surface area is 103 Å². The molecular weight excluding hydrogens is 216 g/mol. The number of rotatable bonds is 8. The summed E-state index contributed by atoms with van der Waals surface area (Å²) in [6, 6.07) is 0.416. The first-order chi connectivity index (χ1) is 8.19. The summed E-state index contributed by atoms with van der Waals surface area (Å²) in [6.07, 6.45) is 1.95. The highest BCUT2D eigenvalue weighted by atomic mass is 15.6. The summed E-state index contributed by atoms with van der Waals surface area (Å²) in [5, 5.41) is 15.4. The Balaban J connectivity index is 2.38. The minimum Gasteiger partial charge on any atom is -0.316 e. The molecule has 0 saturated heterocycles. The van der Waals surface area contributed by atoms with Crippen molar-refractivity contribution in [2.24, 2.45) is 7.05 Å². The molecule has 1 unspecified atom stereocenters. The molecule has 17 heavy (non-hydrogen) atoms. The molecule has 6 nitrogen and oxygen atoms in total. The van der Waals surface area contributed by atoms with E-state index in [2.05, 4.69) is 39.5 Å². The van der Waals surface area contributed by atoms with E-state index in [0.717, 1.165) is 38.3 Å². The van der Waals surface area contributed by atoms with Crippen molar-refractivity contribution in [2.75, 3.05) is 26.7 Å². The van der Waals surface area contributed by atoms with Crippen molar-refractivity contribution in [3.8, 4) is 0 Å². The van der Waals surface area contributed by atoms with E-state index in [-0.39, 0.29) is 0 Å². The molecule has 0 aliphatic heterocycles. The van der Waals surface area contributed by atoms with Gasteiger partial charge in [-0.25, -0.2) is 0 Å². The second kappa shape index (κ2) is 7.34. The van der Waals surface area contributed by atoms with Gasteiger partial charge in [0.25, 0.3) is 0 Å². The van der Waals surface area contributed by atoms with Gasteiger partial charge >= 0.3 is 0 Å². The molecule has 0 aromatic carbocycles. The third-order valence-electron chi connectivity index (χ3n) is 3.08. The SMILES string of the molecule is CCN(CC)CCC(Cc1nnn(C)n1)NC. The lowest BCUT2D eigenvalue weighted by molar-refractivity contribution is 0.282. The van der Waals surface area contributed by atoms with Crippen LogP contribution in [-0.4, -0.2) is 57.8 Å². The van der Waals surface area contributed by atoms with Crippen molar-refractivity contribution in [3.63, 3.8) is 0 Å². The molecule has 0 aliphatic rings. The zero-order valence-electron chi connectivity index (χ0n) is 11.3. The number of hydrogen-bond donors (Lipinski definition) is 1. The van der Waals surface area contributed by atoms with E-state index in [1.54, 1.807) is 7.05 Å². The Bertz CT molecular complexity index is 307. The fourth-order valence-electron chi connectivity index (χ4n) is 1.85. The summed E-state index contributed by atoms with van der Waals surface area (Å²) >= 11 is 0. The van der Waals surface area contributed by atoms with Crippen LogP contribution in [0, 0.1) is 0 Å². The second-order valence-corrected chi connectivity index (χ2v) is 4.20. The van der Waals surface area contributed by atoms with Crippen LogP contribution >= 0.6 is 0 Å². The van der Waals surface area contributed by atoms with E-state index in [0.29, 0.717) is 6.04 Å². The first-order valence-electron chi connectivity index (χ1n) is 6.32. The molecule has 1 atom stereocenters. The van der Waals surface area contributed by atoms with Crippen LogP contribution in [0.1, 0.15) is 26.1 Å². The monoisotopic (exact) mass is 240 g/mol. The lowest BCUT2D eigenvalue weighted by Gasteiger charge is -2.21. The van der Waals surface area contributed by atoms with Crippen LogP contribution in [0.25, 0.3) is 0 Å². The van der Waals surface area contributed by atoms with Crippen molar-refractivity contribution >= 4 is 0 Å². The van der Waals surface area contributed by atoms with Crippen LogP contribution in [0.5, 0.6) is 0 Å². The second-order valence-electron chi connectivity index (χ2n) is 4.20. The van der Waals surface area contributed by atoms with Gasteiger partial charge in [-0.15, -0.1) is 10.2 Å². The Morgan fingerprint density at radius 3 is 2.53 bits per heavy atom. The van der Waals surface area contributed by atoms with E-state index in [4.69, 9.17) is 0 Å². The number of nitrogens with zero attached hydrogens (tertiary/aromatic N) is 5. The third-order valence-corrected chi connectivity index (χ3v) is 3.08. The van der Waals surface area contributed by atoms with Crippen molar-refractivity contribution in [1.82, 2.24) is 30.4 Å². The molecular formula is C11H24N6. The molecule has 1 N–H and O–H groups in total. The van der Waals surface area contributed by atoms with Crippen molar-refractivity contribution < 1.29 is 0 Å². The summed E-state index contributed by atoms with van der Waals surface area (Å²) < 4.78 is 0. The third kappa shape index (κ3) is 4.79. The molecule has 98 valence electrons. The molecule has 0 spiro atoms. The smallest absolute Gasteiger partial charge is 0.176 e. The van der Waals surface area contributed by atoms with E-state index >= 15 is 0 Å². The van der Waals surface area contributed by atoms with Gasteiger partial charge in [-0.05, 0) is 38.3 Å². The summed E-state index contributed by atoms with van der Waals surface area (Å²) in [4.78, 5) is 3.93. The van der Waals surface area contributed by atoms with Gasteiger partial charge in [0, 0.05) is 12.5 Å². The minimum atomic E-state index is 0.416.